The highest BCUT2D eigenvalue weighted by atomic mass is 16.6. The molecule has 0 unspecified atom stereocenters. The molecule has 0 fully saturated rings. The summed E-state index contributed by atoms with van der Waals surface area (Å²) >= 11 is 0. The molecule has 0 amide bonds. The van der Waals surface area contributed by atoms with Crippen molar-refractivity contribution in [3.63, 3.8) is 0 Å². The number of aliphatic imine (C=N–C) groups is 1. The van der Waals surface area contributed by atoms with Crippen LogP contribution < -0.4 is 0 Å². The summed E-state index contributed by atoms with van der Waals surface area (Å²) < 4.78 is 10.2. The highest BCUT2D eigenvalue weighted by molar-refractivity contribution is 6.13. The number of esters is 2. The summed E-state index contributed by atoms with van der Waals surface area (Å²) in [5.41, 5.74) is 1.92. The zero-order valence-electron chi connectivity index (χ0n) is 18.0. The topological polar surface area (TPSA) is 65.0 Å². The Morgan fingerprint density at radius 1 is 0.933 bits per heavy atom. The predicted octanol–water partition coefficient (Wildman–Crippen LogP) is 4.74. The number of rotatable bonds is 8. The molecule has 0 saturated carbocycles. The van der Waals surface area contributed by atoms with E-state index in [-0.39, 0.29) is 12.4 Å². The van der Waals surface area contributed by atoms with Crippen LogP contribution in [-0.2, 0) is 19.1 Å². The lowest BCUT2D eigenvalue weighted by atomic mass is 10.0. The third-order valence-electron chi connectivity index (χ3n) is 4.10. The minimum absolute atomic E-state index is 0.144. The van der Waals surface area contributed by atoms with Crippen molar-refractivity contribution in [2.45, 2.75) is 45.3 Å². The van der Waals surface area contributed by atoms with E-state index in [1.165, 1.54) is 7.11 Å². The maximum atomic E-state index is 12.9. The molecule has 2 aromatic rings. The molecule has 0 saturated heterocycles. The van der Waals surface area contributed by atoms with Crippen molar-refractivity contribution < 1.29 is 19.1 Å². The normalized spacial score (nSPS) is 12.3. The van der Waals surface area contributed by atoms with Gasteiger partial charge >= 0.3 is 11.9 Å². The highest BCUT2D eigenvalue weighted by Crippen LogP contribution is 2.17. The third-order valence-corrected chi connectivity index (χ3v) is 4.10. The first kappa shape index (κ1) is 23.1. The maximum Gasteiger partial charge on any atom is 0.331 e. The molecule has 0 radical (unpaired) electrons. The minimum atomic E-state index is -0.742. The highest BCUT2D eigenvalue weighted by Gasteiger charge is 2.25. The van der Waals surface area contributed by atoms with Gasteiger partial charge in [-0.3, -0.25) is 9.79 Å². The van der Waals surface area contributed by atoms with Crippen LogP contribution in [0.1, 0.15) is 44.7 Å². The van der Waals surface area contributed by atoms with Crippen LogP contribution in [0.2, 0.25) is 0 Å². The van der Waals surface area contributed by atoms with Gasteiger partial charge in [-0.25, -0.2) is 4.79 Å². The number of benzene rings is 2. The van der Waals surface area contributed by atoms with E-state index in [1.54, 1.807) is 12.2 Å². The van der Waals surface area contributed by atoms with E-state index in [4.69, 9.17) is 9.73 Å². The lowest BCUT2D eigenvalue weighted by Gasteiger charge is -2.22. The van der Waals surface area contributed by atoms with E-state index < -0.39 is 17.6 Å². The molecule has 2 aromatic carbocycles. The Morgan fingerprint density at radius 2 is 1.47 bits per heavy atom. The van der Waals surface area contributed by atoms with Gasteiger partial charge in [0.15, 0.2) is 6.04 Å². The van der Waals surface area contributed by atoms with Gasteiger partial charge in [0.25, 0.3) is 0 Å². The van der Waals surface area contributed by atoms with Crippen molar-refractivity contribution >= 4 is 17.7 Å². The van der Waals surface area contributed by atoms with Crippen LogP contribution in [0.25, 0.3) is 0 Å². The Morgan fingerprint density at radius 3 is 1.93 bits per heavy atom. The predicted molar refractivity (Wildman–Crippen MR) is 119 cm³/mol. The number of carbonyl (C=O) groups is 2. The summed E-state index contributed by atoms with van der Waals surface area (Å²) in [4.78, 5) is 29.0. The Balaban J connectivity index is 2.40. The van der Waals surface area contributed by atoms with Crippen molar-refractivity contribution in [3.05, 3.63) is 83.9 Å². The average Bonchev–Trinajstić information content (AvgIpc) is 2.73. The van der Waals surface area contributed by atoms with Gasteiger partial charge in [-0.15, -0.1) is 0 Å². The molecular weight excluding hydrogens is 378 g/mol. The SMILES string of the molecule is COC(=O)C/C=C/C[C@H](N=C(c1ccccc1)c1ccccc1)C(=O)OC(C)(C)C. The van der Waals surface area contributed by atoms with Crippen molar-refractivity contribution in [3.8, 4) is 0 Å². The number of carbonyl (C=O) groups excluding carboxylic acids is 2. The summed E-state index contributed by atoms with van der Waals surface area (Å²) in [5.74, 6) is -0.743. The molecule has 0 aromatic heterocycles. The molecule has 1 atom stereocenters. The second-order valence-electron chi connectivity index (χ2n) is 7.75. The average molecular weight is 408 g/mol. The molecule has 2 rings (SSSR count). The van der Waals surface area contributed by atoms with Gasteiger partial charge in [0.05, 0.1) is 19.2 Å². The fraction of sp³-hybridized carbons (Fsp3) is 0.320. The Bertz CT molecular complexity index is 839. The smallest absolute Gasteiger partial charge is 0.331 e. The van der Waals surface area contributed by atoms with Gasteiger partial charge < -0.3 is 9.47 Å². The van der Waals surface area contributed by atoms with Crippen LogP contribution in [0.3, 0.4) is 0 Å². The summed E-state index contributed by atoms with van der Waals surface area (Å²) in [6.45, 7) is 5.48. The van der Waals surface area contributed by atoms with Gasteiger partial charge in [0.2, 0.25) is 0 Å². The fourth-order valence-corrected chi connectivity index (χ4v) is 2.72. The van der Waals surface area contributed by atoms with Crippen molar-refractivity contribution in [2.24, 2.45) is 4.99 Å². The van der Waals surface area contributed by atoms with Crippen LogP contribution in [-0.4, -0.2) is 36.4 Å². The van der Waals surface area contributed by atoms with Crippen molar-refractivity contribution in [1.82, 2.24) is 0 Å². The van der Waals surface area contributed by atoms with Gasteiger partial charge in [-0.1, -0.05) is 72.8 Å². The van der Waals surface area contributed by atoms with E-state index in [1.807, 2.05) is 81.4 Å². The fourth-order valence-electron chi connectivity index (χ4n) is 2.72. The van der Waals surface area contributed by atoms with Gasteiger partial charge in [0, 0.05) is 11.1 Å². The maximum absolute atomic E-state index is 12.9. The number of hydrogen-bond donors (Lipinski definition) is 0. The summed E-state index contributed by atoms with van der Waals surface area (Å²) in [6, 6.07) is 18.7. The third kappa shape index (κ3) is 7.66. The number of ether oxygens (including phenoxy) is 2. The monoisotopic (exact) mass is 407 g/mol. The molecule has 0 N–H and O–H groups in total. The summed E-state index contributed by atoms with van der Waals surface area (Å²) in [6.07, 6.45) is 3.91. The lowest BCUT2D eigenvalue weighted by Crippen LogP contribution is -2.31. The standard InChI is InChI=1S/C25H29NO4/c1-25(2,3)30-24(28)21(17-11-12-18-22(27)29-4)26-23(19-13-7-5-8-14-19)20-15-9-6-10-16-20/h5-16,21H,17-18H2,1-4H3/b12-11+/t21-/m0/s1. The Labute approximate surface area is 178 Å². The van der Waals surface area contributed by atoms with E-state index in [2.05, 4.69) is 4.74 Å². The second kappa shape index (κ2) is 11.1. The number of hydrogen-bond acceptors (Lipinski definition) is 5. The Hall–Kier alpha value is -3.21. The van der Waals surface area contributed by atoms with Gasteiger partial charge in [0.1, 0.15) is 5.60 Å². The van der Waals surface area contributed by atoms with E-state index >= 15 is 0 Å². The summed E-state index contributed by atoms with van der Waals surface area (Å²) in [5, 5.41) is 0. The van der Waals surface area contributed by atoms with E-state index in [9.17, 15) is 9.59 Å². The molecule has 0 bridgehead atoms. The molecule has 5 heteroatoms. The molecule has 158 valence electrons. The molecule has 5 nitrogen and oxygen atoms in total. The van der Waals surface area contributed by atoms with Crippen LogP contribution in [0.4, 0.5) is 0 Å². The minimum Gasteiger partial charge on any atom is -0.469 e. The molecule has 0 aliphatic rings. The number of methoxy groups -OCH3 is 1. The molecule has 0 spiro atoms. The first-order valence-electron chi connectivity index (χ1n) is 9.93. The molecule has 30 heavy (non-hydrogen) atoms. The van der Waals surface area contributed by atoms with Crippen molar-refractivity contribution in [1.29, 1.82) is 0 Å². The van der Waals surface area contributed by atoms with Crippen LogP contribution >= 0.6 is 0 Å². The van der Waals surface area contributed by atoms with Gasteiger partial charge in [-0.05, 0) is 27.2 Å². The molecular formula is C25H29NO4. The summed E-state index contributed by atoms with van der Waals surface area (Å²) in [7, 11) is 1.34. The van der Waals surface area contributed by atoms with Crippen LogP contribution in [0.5, 0.6) is 0 Å². The molecule has 0 aliphatic carbocycles. The molecule has 0 heterocycles. The molecule has 0 aliphatic heterocycles. The largest absolute Gasteiger partial charge is 0.469 e. The van der Waals surface area contributed by atoms with Crippen LogP contribution in [0.15, 0.2) is 77.8 Å². The zero-order valence-corrected chi connectivity index (χ0v) is 18.0. The first-order chi connectivity index (χ1) is 14.3. The zero-order chi connectivity index (χ0) is 22.0. The lowest BCUT2D eigenvalue weighted by molar-refractivity contribution is -0.156. The quantitative estimate of drug-likeness (QED) is 0.360. The second-order valence-corrected chi connectivity index (χ2v) is 7.75. The van der Waals surface area contributed by atoms with Crippen molar-refractivity contribution in [2.75, 3.05) is 7.11 Å². The number of nitrogens with zero attached hydrogens (tertiary/aromatic N) is 1. The van der Waals surface area contributed by atoms with Gasteiger partial charge in [-0.2, -0.15) is 0 Å². The first-order valence-corrected chi connectivity index (χ1v) is 9.93. The van der Waals surface area contributed by atoms with E-state index in [0.717, 1.165) is 11.1 Å². The Kier molecular flexibility index (Phi) is 8.54. The van der Waals surface area contributed by atoms with Crippen LogP contribution in [0, 0.1) is 0 Å². The van der Waals surface area contributed by atoms with E-state index in [0.29, 0.717) is 12.1 Å².